The summed E-state index contributed by atoms with van der Waals surface area (Å²) in [5, 5.41) is 12.4. The predicted octanol–water partition coefficient (Wildman–Crippen LogP) is 1.76. The molecule has 1 atom stereocenters. The molecule has 0 aliphatic rings. The maximum Gasteiger partial charge on any atom is 0.125 e. The summed E-state index contributed by atoms with van der Waals surface area (Å²) in [5.41, 5.74) is 2.14. The Bertz CT molecular complexity index is 490. The van der Waals surface area contributed by atoms with Crippen LogP contribution in [-0.4, -0.2) is 14.7 Å². The van der Waals surface area contributed by atoms with E-state index in [2.05, 4.69) is 17.2 Å². The summed E-state index contributed by atoms with van der Waals surface area (Å²) >= 11 is 0. The lowest BCUT2D eigenvalue weighted by Crippen LogP contribution is -2.21. The van der Waals surface area contributed by atoms with Gasteiger partial charge in [0, 0.05) is 26.0 Å². The third-order valence-electron chi connectivity index (χ3n) is 3.06. The van der Waals surface area contributed by atoms with Gasteiger partial charge in [-0.1, -0.05) is 24.3 Å². The number of aromatic nitrogens is 2. The van der Waals surface area contributed by atoms with Gasteiger partial charge in [0.2, 0.25) is 0 Å². The van der Waals surface area contributed by atoms with E-state index in [1.165, 1.54) is 5.56 Å². The van der Waals surface area contributed by atoms with Crippen molar-refractivity contribution in [1.82, 2.24) is 14.9 Å². The molecule has 0 aliphatic heterocycles. The highest BCUT2D eigenvalue weighted by molar-refractivity contribution is 5.21. The lowest BCUT2D eigenvalue weighted by atomic mass is 10.1. The first-order chi connectivity index (χ1) is 8.70. The summed E-state index contributed by atoms with van der Waals surface area (Å²) in [6.07, 6.45) is 3.76. The Labute approximate surface area is 107 Å². The molecule has 2 aromatic rings. The number of aliphatic hydroxyl groups excluding tert-OH is 1. The standard InChI is InChI=1S/C14H19N3O/c1-11(14-15-7-8-17(14)2)16-9-12-3-5-13(10-18)6-4-12/h3-8,11,16,18H,9-10H2,1-2H3. The zero-order chi connectivity index (χ0) is 13.0. The van der Waals surface area contributed by atoms with Gasteiger partial charge in [0.15, 0.2) is 0 Å². The van der Waals surface area contributed by atoms with Crippen LogP contribution in [0.4, 0.5) is 0 Å². The molecule has 18 heavy (non-hydrogen) atoms. The smallest absolute Gasteiger partial charge is 0.125 e. The van der Waals surface area contributed by atoms with E-state index in [4.69, 9.17) is 5.11 Å². The van der Waals surface area contributed by atoms with Crippen molar-refractivity contribution in [3.8, 4) is 0 Å². The number of aliphatic hydroxyl groups is 1. The van der Waals surface area contributed by atoms with Crippen LogP contribution in [-0.2, 0) is 20.2 Å². The van der Waals surface area contributed by atoms with Gasteiger partial charge < -0.3 is 15.0 Å². The van der Waals surface area contributed by atoms with Crippen LogP contribution >= 0.6 is 0 Å². The molecule has 96 valence electrons. The second-order valence-corrected chi connectivity index (χ2v) is 4.47. The summed E-state index contributed by atoms with van der Waals surface area (Å²) < 4.78 is 2.02. The van der Waals surface area contributed by atoms with Gasteiger partial charge in [-0.25, -0.2) is 4.98 Å². The SMILES string of the molecule is CC(NCc1ccc(CO)cc1)c1nccn1C. The molecule has 2 N–H and O–H groups in total. The van der Waals surface area contributed by atoms with Crippen molar-refractivity contribution in [3.63, 3.8) is 0 Å². The van der Waals surface area contributed by atoms with E-state index < -0.39 is 0 Å². The quantitative estimate of drug-likeness (QED) is 0.844. The fourth-order valence-electron chi connectivity index (χ4n) is 1.92. The monoisotopic (exact) mass is 245 g/mol. The van der Waals surface area contributed by atoms with Crippen LogP contribution in [0.25, 0.3) is 0 Å². The molecule has 0 radical (unpaired) electrons. The molecule has 4 heteroatoms. The summed E-state index contributed by atoms with van der Waals surface area (Å²) in [6.45, 7) is 2.99. The minimum Gasteiger partial charge on any atom is -0.392 e. The van der Waals surface area contributed by atoms with Gasteiger partial charge >= 0.3 is 0 Å². The Kier molecular flexibility index (Phi) is 4.12. The third-order valence-corrected chi connectivity index (χ3v) is 3.06. The van der Waals surface area contributed by atoms with Gasteiger partial charge in [-0.15, -0.1) is 0 Å². The Balaban J connectivity index is 1.93. The van der Waals surface area contributed by atoms with E-state index in [0.29, 0.717) is 0 Å². The molecule has 1 aromatic carbocycles. The first-order valence-electron chi connectivity index (χ1n) is 6.10. The fraction of sp³-hybridized carbons (Fsp3) is 0.357. The summed E-state index contributed by atoms with van der Waals surface area (Å²) in [5.74, 6) is 1.03. The number of nitrogens with one attached hydrogen (secondary N) is 1. The zero-order valence-electron chi connectivity index (χ0n) is 10.8. The van der Waals surface area contributed by atoms with E-state index >= 15 is 0 Å². The van der Waals surface area contributed by atoms with Gasteiger partial charge in [-0.3, -0.25) is 0 Å². The largest absolute Gasteiger partial charge is 0.392 e. The number of nitrogens with zero attached hydrogens (tertiary/aromatic N) is 2. The van der Waals surface area contributed by atoms with Crippen LogP contribution in [0.2, 0.25) is 0 Å². The third kappa shape index (κ3) is 2.97. The van der Waals surface area contributed by atoms with E-state index in [1.54, 1.807) is 0 Å². The lowest BCUT2D eigenvalue weighted by Gasteiger charge is -2.13. The first kappa shape index (κ1) is 12.8. The Morgan fingerprint density at radius 1 is 1.28 bits per heavy atom. The van der Waals surface area contributed by atoms with Gasteiger partial charge in [-0.2, -0.15) is 0 Å². The molecule has 0 fully saturated rings. The minimum atomic E-state index is 0.0946. The molecule has 0 saturated carbocycles. The molecule has 2 rings (SSSR count). The van der Waals surface area contributed by atoms with Gasteiger partial charge in [-0.05, 0) is 18.1 Å². The van der Waals surface area contributed by atoms with E-state index in [1.807, 2.05) is 48.3 Å². The molecule has 1 unspecified atom stereocenters. The van der Waals surface area contributed by atoms with Crippen LogP contribution in [0.3, 0.4) is 0 Å². The number of imidazole rings is 1. The molecule has 0 bridgehead atoms. The van der Waals surface area contributed by atoms with Crippen LogP contribution in [0.1, 0.15) is 29.9 Å². The van der Waals surface area contributed by atoms with Crippen molar-refractivity contribution in [1.29, 1.82) is 0 Å². The second-order valence-electron chi connectivity index (χ2n) is 4.47. The summed E-state index contributed by atoms with van der Waals surface area (Å²) in [4.78, 5) is 4.32. The molecular weight excluding hydrogens is 226 g/mol. The molecule has 0 spiro atoms. The van der Waals surface area contributed by atoms with Crippen LogP contribution in [0.5, 0.6) is 0 Å². The highest BCUT2D eigenvalue weighted by Gasteiger charge is 2.09. The maximum absolute atomic E-state index is 8.98. The molecule has 4 nitrogen and oxygen atoms in total. The van der Waals surface area contributed by atoms with Crippen LogP contribution in [0, 0.1) is 0 Å². The van der Waals surface area contributed by atoms with Crippen LogP contribution < -0.4 is 5.32 Å². The van der Waals surface area contributed by atoms with Gasteiger partial charge in [0.05, 0.1) is 12.6 Å². The Morgan fingerprint density at radius 3 is 2.50 bits per heavy atom. The first-order valence-corrected chi connectivity index (χ1v) is 6.10. The van der Waals surface area contributed by atoms with E-state index in [9.17, 15) is 0 Å². The topological polar surface area (TPSA) is 50.1 Å². The van der Waals surface area contributed by atoms with Crippen molar-refractivity contribution >= 4 is 0 Å². The van der Waals surface area contributed by atoms with Crippen molar-refractivity contribution in [2.24, 2.45) is 7.05 Å². The second kappa shape index (κ2) is 5.80. The van der Waals surface area contributed by atoms with Crippen molar-refractivity contribution in [2.45, 2.75) is 26.1 Å². The number of rotatable bonds is 5. The van der Waals surface area contributed by atoms with Crippen LogP contribution in [0.15, 0.2) is 36.7 Å². The minimum absolute atomic E-state index is 0.0946. The van der Waals surface area contributed by atoms with Gasteiger partial charge in [0.25, 0.3) is 0 Å². The maximum atomic E-state index is 8.98. The Morgan fingerprint density at radius 2 is 1.94 bits per heavy atom. The van der Waals surface area contributed by atoms with Crippen molar-refractivity contribution < 1.29 is 5.11 Å². The highest BCUT2D eigenvalue weighted by Crippen LogP contribution is 2.10. The lowest BCUT2D eigenvalue weighted by molar-refractivity contribution is 0.282. The average molecular weight is 245 g/mol. The molecule has 1 aromatic heterocycles. The summed E-state index contributed by atoms with van der Waals surface area (Å²) in [6, 6.07) is 8.17. The molecule has 0 saturated heterocycles. The number of aryl methyl sites for hydroxylation is 1. The number of hydrogen-bond acceptors (Lipinski definition) is 3. The predicted molar refractivity (Wildman–Crippen MR) is 70.8 cm³/mol. The van der Waals surface area contributed by atoms with Gasteiger partial charge in [0.1, 0.15) is 5.82 Å². The fourth-order valence-corrected chi connectivity index (χ4v) is 1.92. The van der Waals surface area contributed by atoms with E-state index in [-0.39, 0.29) is 12.6 Å². The van der Waals surface area contributed by atoms with E-state index in [0.717, 1.165) is 17.9 Å². The van der Waals surface area contributed by atoms with Crippen molar-refractivity contribution in [3.05, 3.63) is 53.6 Å². The molecular formula is C14H19N3O. The zero-order valence-corrected chi connectivity index (χ0v) is 10.8. The number of benzene rings is 1. The molecule has 1 heterocycles. The number of hydrogen-bond donors (Lipinski definition) is 2. The summed E-state index contributed by atoms with van der Waals surface area (Å²) in [7, 11) is 2.00. The Hall–Kier alpha value is -1.65. The normalized spacial score (nSPS) is 12.6. The molecule has 0 amide bonds. The van der Waals surface area contributed by atoms with Crippen molar-refractivity contribution in [2.75, 3.05) is 0 Å². The highest BCUT2D eigenvalue weighted by atomic mass is 16.3. The molecule has 0 aliphatic carbocycles. The average Bonchev–Trinajstić information content (AvgIpc) is 2.83.